The number of nitrogens with zero attached hydrogens (tertiary/aromatic N) is 1. The number of alkyl carbamates (subject to hydrolysis) is 1. The molecule has 0 saturated carbocycles. The lowest BCUT2D eigenvalue weighted by atomic mass is 10.00. The van der Waals surface area contributed by atoms with Gasteiger partial charge in [0.15, 0.2) is 0 Å². The normalized spacial score (nSPS) is 13.1. The summed E-state index contributed by atoms with van der Waals surface area (Å²) in [6, 6.07) is 2.96. The number of carbonyl (C=O) groups is 3. The minimum Gasteiger partial charge on any atom is -0.507 e. The molecule has 1 aromatic rings. The van der Waals surface area contributed by atoms with Gasteiger partial charge < -0.3 is 25.4 Å². The largest absolute Gasteiger partial charge is 0.507 e. The van der Waals surface area contributed by atoms with Crippen molar-refractivity contribution >= 4 is 30.5 Å². The van der Waals surface area contributed by atoms with Gasteiger partial charge in [0.05, 0.1) is 0 Å². The smallest absolute Gasteiger partial charge is 0.408 e. The monoisotopic (exact) mass is 467 g/mol. The predicted octanol–water partition coefficient (Wildman–Crippen LogP) is 3.33. The van der Waals surface area contributed by atoms with E-state index in [0.717, 1.165) is 19.3 Å². The molecule has 0 aromatic heterocycles. The minimum atomic E-state index is -1.08. The van der Waals surface area contributed by atoms with Crippen molar-refractivity contribution < 1.29 is 24.2 Å². The van der Waals surface area contributed by atoms with E-state index in [9.17, 15) is 19.5 Å². The number of amides is 3. The topological polar surface area (TPSA) is 108 Å². The standard InChI is InChI=1S/C23H37N3O5S/c1-7-8-9-13-24-20(28)18(16-12-10-11-15(2)19(16)27)26(6)21(29)17(14-32)25-22(30)31-23(3,4)5/h10-12,17-18,27,32H,7-9,13-14H2,1-6H3,(H,24,28)(H,25,30). The van der Waals surface area contributed by atoms with E-state index in [4.69, 9.17) is 4.74 Å². The Bertz CT molecular complexity index is 794. The summed E-state index contributed by atoms with van der Waals surface area (Å²) in [4.78, 5) is 39.7. The Morgan fingerprint density at radius 2 is 1.88 bits per heavy atom. The zero-order chi connectivity index (χ0) is 24.5. The quantitative estimate of drug-likeness (QED) is 0.312. The molecule has 2 unspecified atom stereocenters. The van der Waals surface area contributed by atoms with Gasteiger partial charge in [-0.1, -0.05) is 38.0 Å². The van der Waals surface area contributed by atoms with Crippen molar-refractivity contribution in [2.75, 3.05) is 19.3 Å². The molecule has 1 aromatic carbocycles. The number of thiol groups is 1. The van der Waals surface area contributed by atoms with Crippen LogP contribution in [0, 0.1) is 6.92 Å². The summed E-state index contributed by atoms with van der Waals surface area (Å²) in [6.45, 7) is 9.40. The molecule has 0 aliphatic rings. The second kappa shape index (κ2) is 12.6. The van der Waals surface area contributed by atoms with Gasteiger partial charge in [0.1, 0.15) is 23.4 Å². The molecule has 0 radical (unpaired) electrons. The molecule has 2 atom stereocenters. The molecule has 32 heavy (non-hydrogen) atoms. The number of para-hydroxylation sites is 1. The van der Waals surface area contributed by atoms with Crippen LogP contribution in [0.15, 0.2) is 18.2 Å². The van der Waals surface area contributed by atoms with E-state index in [-0.39, 0.29) is 11.5 Å². The van der Waals surface area contributed by atoms with E-state index in [1.807, 2.05) is 0 Å². The van der Waals surface area contributed by atoms with Gasteiger partial charge in [-0.2, -0.15) is 12.6 Å². The number of nitrogens with one attached hydrogen (secondary N) is 2. The van der Waals surface area contributed by atoms with Crippen molar-refractivity contribution in [2.45, 2.75) is 71.6 Å². The van der Waals surface area contributed by atoms with Crippen LogP contribution in [0.5, 0.6) is 5.75 Å². The average molecular weight is 468 g/mol. The van der Waals surface area contributed by atoms with E-state index in [2.05, 4.69) is 30.2 Å². The average Bonchev–Trinajstić information content (AvgIpc) is 2.70. The maximum Gasteiger partial charge on any atom is 0.408 e. The number of phenols is 1. The number of aromatic hydroxyl groups is 1. The first kappa shape index (κ1) is 27.6. The maximum atomic E-state index is 13.2. The van der Waals surface area contributed by atoms with Gasteiger partial charge in [-0.05, 0) is 39.7 Å². The second-order valence-electron chi connectivity index (χ2n) is 8.74. The highest BCUT2D eigenvalue weighted by Crippen LogP contribution is 2.31. The number of unbranched alkanes of at least 4 members (excludes halogenated alkanes) is 2. The first-order chi connectivity index (χ1) is 14.9. The van der Waals surface area contributed by atoms with E-state index >= 15 is 0 Å². The minimum absolute atomic E-state index is 0.00700. The number of carbonyl (C=O) groups excluding carboxylic acids is 3. The third-order valence-electron chi connectivity index (χ3n) is 4.80. The Morgan fingerprint density at radius 3 is 2.44 bits per heavy atom. The number of likely N-dealkylation sites (N-methyl/N-ethyl adjacent to an activating group) is 1. The SMILES string of the molecule is CCCCCNC(=O)C(c1cccc(C)c1O)N(C)C(=O)C(CS)NC(=O)OC(C)(C)C. The molecule has 0 aliphatic carbocycles. The fourth-order valence-electron chi connectivity index (χ4n) is 3.12. The second-order valence-corrected chi connectivity index (χ2v) is 9.11. The molecule has 1 rings (SSSR count). The molecule has 0 aliphatic heterocycles. The van der Waals surface area contributed by atoms with Crippen LogP contribution in [-0.4, -0.2) is 58.9 Å². The summed E-state index contributed by atoms with van der Waals surface area (Å²) in [7, 11) is 1.47. The molecule has 3 N–H and O–H groups in total. The summed E-state index contributed by atoms with van der Waals surface area (Å²) in [5.74, 6) is -0.982. The molecule has 9 heteroatoms. The summed E-state index contributed by atoms with van der Waals surface area (Å²) >= 11 is 4.19. The van der Waals surface area contributed by atoms with Crippen molar-refractivity contribution in [2.24, 2.45) is 0 Å². The summed E-state index contributed by atoms with van der Waals surface area (Å²) in [6.07, 6.45) is 2.04. The Hall–Kier alpha value is -2.42. The van der Waals surface area contributed by atoms with Gasteiger partial charge in [-0.15, -0.1) is 0 Å². The number of benzene rings is 1. The van der Waals surface area contributed by atoms with Crippen molar-refractivity contribution in [1.29, 1.82) is 0 Å². The Balaban J connectivity index is 3.15. The van der Waals surface area contributed by atoms with Gasteiger partial charge in [0, 0.05) is 24.9 Å². The van der Waals surface area contributed by atoms with Crippen molar-refractivity contribution in [3.63, 3.8) is 0 Å². The van der Waals surface area contributed by atoms with Crippen LogP contribution < -0.4 is 10.6 Å². The molecular weight excluding hydrogens is 430 g/mol. The Kier molecular flexibility index (Phi) is 10.9. The van der Waals surface area contributed by atoms with Crippen LogP contribution >= 0.6 is 12.6 Å². The van der Waals surface area contributed by atoms with Gasteiger partial charge in [-0.3, -0.25) is 9.59 Å². The third kappa shape index (κ3) is 8.26. The summed E-state index contributed by atoms with van der Waals surface area (Å²) < 4.78 is 5.23. The van der Waals surface area contributed by atoms with Gasteiger partial charge in [0.25, 0.3) is 0 Å². The fraction of sp³-hybridized carbons (Fsp3) is 0.609. The highest BCUT2D eigenvalue weighted by atomic mass is 32.1. The number of rotatable bonds is 10. The molecular formula is C23H37N3O5S. The van der Waals surface area contributed by atoms with Crippen LogP contribution in [0.3, 0.4) is 0 Å². The van der Waals surface area contributed by atoms with Crippen molar-refractivity contribution in [3.05, 3.63) is 29.3 Å². The van der Waals surface area contributed by atoms with E-state index < -0.39 is 35.6 Å². The number of hydrogen-bond acceptors (Lipinski definition) is 6. The molecule has 3 amide bonds. The molecule has 0 heterocycles. The molecule has 0 fully saturated rings. The van der Waals surface area contributed by atoms with E-state index in [1.165, 1.54) is 11.9 Å². The highest BCUT2D eigenvalue weighted by molar-refractivity contribution is 7.80. The fourth-order valence-corrected chi connectivity index (χ4v) is 3.37. The third-order valence-corrected chi connectivity index (χ3v) is 5.16. The van der Waals surface area contributed by atoms with Crippen LogP contribution in [0.25, 0.3) is 0 Å². The van der Waals surface area contributed by atoms with E-state index in [1.54, 1.807) is 45.9 Å². The summed E-state index contributed by atoms with van der Waals surface area (Å²) in [5.41, 5.74) is 0.169. The van der Waals surface area contributed by atoms with Gasteiger partial charge >= 0.3 is 6.09 Å². The lowest BCUT2D eigenvalue weighted by Crippen LogP contribution is -2.52. The molecule has 0 saturated heterocycles. The molecule has 180 valence electrons. The van der Waals surface area contributed by atoms with Crippen LogP contribution in [0.1, 0.15) is 64.1 Å². The number of aryl methyl sites for hydroxylation is 1. The zero-order valence-corrected chi connectivity index (χ0v) is 20.8. The molecule has 0 bridgehead atoms. The van der Waals surface area contributed by atoms with Crippen LogP contribution in [-0.2, 0) is 14.3 Å². The van der Waals surface area contributed by atoms with Crippen molar-refractivity contribution in [3.8, 4) is 5.75 Å². The Labute approximate surface area is 196 Å². The number of hydrogen-bond donors (Lipinski definition) is 4. The summed E-state index contributed by atoms with van der Waals surface area (Å²) in [5, 5.41) is 16.0. The van der Waals surface area contributed by atoms with Crippen LogP contribution in [0.2, 0.25) is 0 Å². The lowest BCUT2D eigenvalue weighted by molar-refractivity contribution is -0.140. The maximum absolute atomic E-state index is 13.2. The zero-order valence-electron chi connectivity index (χ0n) is 19.9. The van der Waals surface area contributed by atoms with Gasteiger partial charge in [0.2, 0.25) is 11.8 Å². The lowest BCUT2D eigenvalue weighted by Gasteiger charge is -2.31. The van der Waals surface area contributed by atoms with E-state index in [0.29, 0.717) is 17.7 Å². The van der Waals surface area contributed by atoms with Crippen LogP contribution in [0.4, 0.5) is 4.79 Å². The van der Waals surface area contributed by atoms with Crippen molar-refractivity contribution in [1.82, 2.24) is 15.5 Å². The molecule has 0 spiro atoms. The molecule has 8 nitrogen and oxygen atoms in total. The first-order valence-electron chi connectivity index (χ1n) is 10.9. The number of phenolic OH excluding ortho intramolecular Hbond substituents is 1. The van der Waals surface area contributed by atoms with Gasteiger partial charge in [-0.25, -0.2) is 4.79 Å². The number of ether oxygens (including phenoxy) is 1. The predicted molar refractivity (Wildman–Crippen MR) is 128 cm³/mol. The highest BCUT2D eigenvalue weighted by Gasteiger charge is 2.35. The Morgan fingerprint density at radius 1 is 1.22 bits per heavy atom. The first-order valence-corrected chi connectivity index (χ1v) is 11.5.